The molecule has 0 heterocycles. The highest BCUT2D eigenvalue weighted by molar-refractivity contribution is 6.15. The Balaban J connectivity index is 1.00. The molecule has 0 amide bonds. The Morgan fingerprint density at radius 1 is 0.200 bits per heavy atom. The molecular weight excluding hydrogens is 663 g/mol. The molecule has 0 aromatic heterocycles. The number of nitrogens with zero attached hydrogens (tertiary/aromatic N) is 1. The first-order valence-electron chi connectivity index (χ1n) is 19.0. The summed E-state index contributed by atoms with van der Waals surface area (Å²) in [5, 5.41) is 0. The van der Waals surface area contributed by atoms with E-state index in [1.54, 1.807) is 0 Å². The van der Waals surface area contributed by atoms with Crippen molar-refractivity contribution in [3.05, 3.63) is 212 Å². The zero-order valence-corrected chi connectivity index (χ0v) is 30.2. The van der Waals surface area contributed by atoms with Crippen LogP contribution in [-0.4, -0.2) is 0 Å². The van der Waals surface area contributed by atoms with Gasteiger partial charge in [0.2, 0.25) is 0 Å². The Bertz CT molecular complexity index is 2760. The first kappa shape index (κ1) is 31.3. The fourth-order valence-corrected chi connectivity index (χ4v) is 8.80. The molecule has 2 aliphatic rings. The second kappa shape index (κ2) is 12.7. The Morgan fingerprint density at radius 3 is 1.02 bits per heavy atom. The number of hydrogen-bond donors (Lipinski definition) is 0. The van der Waals surface area contributed by atoms with Crippen LogP contribution in [0.5, 0.6) is 0 Å². The van der Waals surface area contributed by atoms with Crippen LogP contribution in [0.2, 0.25) is 0 Å². The third kappa shape index (κ3) is 5.16. The molecule has 0 spiro atoms. The second-order valence-corrected chi connectivity index (χ2v) is 14.5. The summed E-state index contributed by atoms with van der Waals surface area (Å²) in [5.41, 5.74) is 23.7. The van der Waals surface area contributed by atoms with E-state index in [2.05, 4.69) is 217 Å². The van der Waals surface area contributed by atoms with Crippen molar-refractivity contribution in [2.75, 3.05) is 4.90 Å². The van der Waals surface area contributed by atoms with Gasteiger partial charge < -0.3 is 4.90 Å². The second-order valence-electron chi connectivity index (χ2n) is 14.5. The first-order valence-corrected chi connectivity index (χ1v) is 19.0. The minimum atomic E-state index is 1.11. The van der Waals surface area contributed by atoms with Crippen molar-refractivity contribution >= 4 is 17.1 Å². The average molecular weight is 698 g/mol. The highest BCUT2D eigenvalue weighted by Crippen LogP contribution is 2.57. The van der Waals surface area contributed by atoms with Gasteiger partial charge in [0.15, 0.2) is 0 Å². The van der Waals surface area contributed by atoms with Crippen LogP contribution in [0.15, 0.2) is 212 Å². The summed E-state index contributed by atoms with van der Waals surface area (Å²) in [6, 6.07) is 77.6. The smallest absolute Gasteiger partial charge is 0.0462 e. The van der Waals surface area contributed by atoms with E-state index in [1.807, 2.05) is 0 Å². The minimum Gasteiger partial charge on any atom is -0.311 e. The lowest BCUT2D eigenvalue weighted by Gasteiger charge is -2.26. The number of anilines is 3. The van der Waals surface area contributed by atoms with Crippen LogP contribution >= 0.6 is 0 Å². The molecule has 0 fully saturated rings. The summed E-state index contributed by atoms with van der Waals surface area (Å²) in [6.07, 6.45) is 0. The van der Waals surface area contributed by atoms with E-state index in [1.165, 1.54) is 89.0 Å². The van der Waals surface area contributed by atoms with Crippen LogP contribution in [0.1, 0.15) is 0 Å². The van der Waals surface area contributed by atoms with E-state index in [0.717, 1.165) is 17.1 Å². The predicted molar refractivity (Wildman–Crippen MR) is 232 cm³/mol. The van der Waals surface area contributed by atoms with Crippen molar-refractivity contribution in [1.29, 1.82) is 0 Å². The van der Waals surface area contributed by atoms with Gasteiger partial charge in [0, 0.05) is 17.1 Å². The molecule has 1 nitrogen and oxygen atoms in total. The Kier molecular flexibility index (Phi) is 7.25. The lowest BCUT2D eigenvalue weighted by molar-refractivity contribution is 1.28. The number of hydrogen-bond acceptors (Lipinski definition) is 1. The van der Waals surface area contributed by atoms with Gasteiger partial charge in [0.1, 0.15) is 0 Å². The quantitative estimate of drug-likeness (QED) is 0.167. The summed E-state index contributed by atoms with van der Waals surface area (Å²) in [7, 11) is 0. The molecule has 1 heteroatoms. The highest BCUT2D eigenvalue weighted by Gasteiger charge is 2.30. The molecule has 0 saturated heterocycles. The largest absolute Gasteiger partial charge is 0.311 e. The van der Waals surface area contributed by atoms with Gasteiger partial charge in [-0.3, -0.25) is 0 Å². The first-order chi connectivity index (χ1) is 27.3. The SMILES string of the molecule is c1ccc(-c2ccc(N(c3ccc(-c4ccccc4)cc3)c3ccc(-c4ccc5c(c4)-c4c6cccc4-c4cccc-5c4-c4ccccc4-6)cc3)cc2)cc1. The third-order valence-electron chi connectivity index (χ3n) is 11.4. The molecule has 9 aromatic carbocycles. The molecule has 0 N–H and O–H groups in total. The van der Waals surface area contributed by atoms with E-state index < -0.39 is 0 Å². The van der Waals surface area contributed by atoms with E-state index in [0.29, 0.717) is 0 Å². The molecule has 2 aliphatic carbocycles. The summed E-state index contributed by atoms with van der Waals surface area (Å²) < 4.78 is 0. The summed E-state index contributed by atoms with van der Waals surface area (Å²) in [5.74, 6) is 0. The van der Waals surface area contributed by atoms with Crippen molar-refractivity contribution in [2.24, 2.45) is 0 Å². The minimum absolute atomic E-state index is 1.11. The topological polar surface area (TPSA) is 3.24 Å². The molecule has 0 aliphatic heterocycles. The molecule has 0 unspecified atom stereocenters. The van der Waals surface area contributed by atoms with E-state index >= 15 is 0 Å². The molecular formula is C54H35N. The van der Waals surface area contributed by atoms with Crippen molar-refractivity contribution < 1.29 is 0 Å². The molecule has 0 saturated carbocycles. The van der Waals surface area contributed by atoms with Gasteiger partial charge in [-0.15, -0.1) is 0 Å². The fourth-order valence-electron chi connectivity index (χ4n) is 8.80. The molecule has 6 bridgehead atoms. The lowest BCUT2D eigenvalue weighted by Crippen LogP contribution is -2.09. The van der Waals surface area contributed by atoms with Crippen LogP contribution in [0.4, 0.5) is 17.1 Å². The Morgan fingerprint density at radius 2 is 0.527 bits per heavy atom. The zero-order valence-electron chi connectivity index (χ0n) is 30.2. The Labute approximate surface area is 322 Å². The Hall–Kier alpha value is -7.22. The van der Waals surface area contributed by atoms with E-state index in [9.17, 15) is 0 Å². The molecule has 11 rings (SSSR count). The average Bonchev–Trinajstić information content (AvgIpc) is 3.37. The monoisotopic (exact) mass is 697 g/mol. The van der Waals surface area contributed by atoms with Gasteiger partial charge in [0.25, 0.3) is 0 Å². The maximum atomic E-state index is 2.42. The van der Waals surface area contributed by atoms with Gasteiger partial charge in [-0.2, -0.15) is 0 Å². The third-order valence-corrected chi connectivity index (χ3v) is 11.4. The number of fused-ring (bicyclic) bond motifs is 4. The number of benzene rings is 9. The summed E-state index contributed by atoms with van der Waals surface area (Å²) in [6.45, 7) is 0. The molecule has 0 radical (unpaired) electrons. The standard InChI is InChI=1S/C54H35N/c1-3-11-36(12-4-1)38-21-28-42(29-22-38)55(43-30-23-39(24-31-43)37-13-5-2-6-14-37)44-32-25-40(26-33-44)41-27-34-46-49-18-10-19-50-51-20-9-17-48(54(51)52(46)35-41)45-15-7-8-16-47(45)53(49)50/h1-35H. The summed E-state index contributed by atoms with van der Waals surface area (Å²) >= 11 is 0. The van der Waals surface area contributed by atoms with Crippen LogP contribution in [0.25, 0.3) is 89.0 Å². The van der Waals surface area contributed by atoms with E-state index in [4.69, 9.17) is 0 Å². The fraction of sp³-hybridized carbons (Fsp3) is 0. The lowest BCUT2D eigenvalue weighted by atomic mass is 9.83. The molecule has 256 valence electrons. The molecule has 0 atom stereocenters. The highest BCUT2D eigenvalue weighted by atomic mass is 15.1. The van der Waals surface area contributed by atoms with Crippen LogP contribution in [-0.2, 0) is 0 Å². The maximum absolute atomic E-state index is 2.42. The van der Waals surface area contributed by atoms with Crippen LogP contribution in [0.3, 0.4) is 0 Å². The van der Waals surface area contributed by atoms with Gasteiger partial charge in [0.05, 0.1) is 0 Å². The zero-order chi connectivity index (χ0) is 36.3. The van der Waals surface area contributed by atoms with Gasteiger partial charge >= 0.3 is 0 Å². The van der Waals surface area contributed by atoms with E-state index in [-0.39, 0.29) is 0 Å². The van der Waals surface area contributed by atoms with Gasteiger partial charge in [-0.05, 0) is 131 Å². The van der Waals surface area contributed by atoms with Gasteiger partial charge in [-0.1, -0.05) is 170 Å². The van der Waals surface area contributed by atoms with Crippen LogP contribution < -0.4 is 4.90 Å². The van der Waals surface area contributed by atoms with Crippen molar-refractivity contribution in [3.63, 3.8) is 0 Å². The summed E-state index contributed by atoms with van der Waals surface area (Å²) in [4.78, 5) is 2.35. The molecule has 55 heavy (non-hydrogen) atoms. The maximum Gasteiger partial charge on any atom is 0.0462 e. The normalized spacial score (nSPS) is 11.6. The van der Waals surface area contributed by atoms with Crippen molar-refractivity contribution in [3.8, 4) is 89.0 Å². The molecule has 9 aromatic rings. The van der Waals surface area contributed by atoms with Gasteiger partial charge in [-0.25, -0.2) is 0 Å². The predicted octanol–water partition coefficient (Wildman–Crippen LogP) is 15.1. The van der Waals surface area contributed by atoms with Crippen molar-refractivity contribution in [1.82, 2.24) is 0 Å². The number of rotatable bonds is 6. The van der Waals surface area contributed by atoms with Crippen molar-refractivity contribution in [2.45, 2.75) is 0 Å². The van der Waals surface area contributed by atoms with Crippen LogP contribution in [0, 0.1) is 0 Å².